The van der Waals surface area contributed by atoms with Gasteiger partial charge in [0.2, 0.25) is 0 Å². The molecule has 0 aliphatic heterocycles. The van der Waals surface area contributed by atoms with Gasteiger partial charge >= 0.3 is 0 Å². The van der Waals surface area contributed by atoms with E-state index in [9.17, 15) is 0 Å². The molecule has 19 heavy (non-hydrogen) atoms. The average Bonchev–Trinajstić information content (AvgIpc) is 2.85. The molecule has 0 radical (unpaired) electrons. The Bertz CT molecular complexity index is 677. The number of hydrogen-bond donors (Lipinski definition) is 1. The van der Waals surface area contributed by atoms with Gasteiger partial charge in [-0.05, 0) is 28.5 Å². The molecule has 96 valence electrons. The predicted octanol–water partition coefficient (Wildman–Crippen LogP) is 3.47. The molecule has 2 aromatic carbocycles. The quantitative estimate of drug-likeness (QED) is 0.750. The zero-order valence-electron chi connectivity index (χ0n) is 11.1. The van der Waals surface area contributed by atoms with Gasteiger partial charge in [-0.3, -0.25) is 0 Å². The van der Waals surface area contributed by atoms with E-state index in [0.29, 0.717) is 0 Å². The molecular weight excluding hydrogens is 232 g/mol. The van der Waals surface area contributed by atoms with E-state index in [2.05, 4.69) is 77.7 Å². The molecule has 0 saturated carbocycles. The number of nitrogens with one attached hydrogen (secondary N) is 1. The fourth-order valence-electron chi connectivity index (χ4n) is 2.45. The van der Waals surface area contributed by atoms with E-state index >= 15 is 0 Å². The molecule has 0 spiro atoms. The van der Waals surface area contributed by atoms with Crippen molar-refractivity contribution in [2.45, 2.75) is 13.1 Å². The minimum Gasteiger partial charge on any atom is -0.353 e. The first-order valence-corrected chi connectivity index (χ1v) is 6.62. The van der Waals surface area contributed by atoms with E-state index in [1.807, 2.05) is 0 Å². The number of hydrogen-bond acceptors (Lipinski definition) is 1. The number of nitrogens with zero attached hydrogens (tertiary/aromatic N) is 1. The summed E-state index contributed by atoms with van der Waals surface area (Å²) in [6.45, 7) is 1.79. The van der Waals surface area contributed by atoms with Gasteiger partial charge in [-0.1, -0.05) is 42.5 Å². The van der Waals surface area contributed by atoms with Crippen LogP contribution in [0.2, 0.25) is 0 Å². The lowest BCUT2D eigenvalue weighted by Crippen LogP contribution is -2.14. The highest BCUT2D eigenvalue weighted by Gasteiger charge is 2.01. The largest absolute Gasteiger partial charge is 0.353 e. The number of aryl methyl sites for hydroxylation is 1. The minimum absolute atomic E-state index is 0.895. The Balaban J connectivity index is 1.74. The molecule has 1 N–H and O–H groups in total. The summed E-state index contributed by atoms with van der Waals surface area (Å²) in [4.78, 5) is 0. The molecule has 2 heteroatoms. The highest BCUT2D eigenvalue weighted by molar-refractivity contribution is 5.85. The van der Waals surface area contributed by atoms with Crippen LogP contribution in [0, 0.1) is 0 Å². The first kappa shape index (κ1) is 12.0. The van der Waals surface area contributed by atoms with Gasteiger partial charge in [0.25, 0.3) is 0 Å². The topological polar surface area (TPSA) is 17.0 Å². The van der Waals surface area contributed by atoms with Crippen molar-refractivity contribution in [2.24, 2.45) is 7.05 Å². The van der Waals surface area contributed by atoms with Crippen molar-refractivity contribution < 1.29 is 0 Å². The monoisotopic (exact) mass is 250 g/mol. The Morgan fingerprint density at radius 3 is 2.58 bits per heavy atom. The molecule has 0 aliphatic carbocycles. The Labute approximate surface area is 113 Å². The zero-order chi connectivity index (χ0) is 13.1. The Morgan fingerprint density at radius 2 is 1.74 bits per heavy atom. The molecular formula is C17H18N2. The van der Waals surface area contributed by atoms with E-state index in [0.717, 1.165) is 13.1 Å². The van der Waals surface area contributed by atoms with Crippen molar-refractivity contribution in [1.29, 1.82) is 0 Å². The van der Waals surface area contributed by atoms with Crippen molar-refractivity contribution in [3.63, 3.8) is 0 Å². The number of benzene rings is 2. The van der Waals surface area contributed by atoms with Gasteiger partial charge in [-0.25, -0.2) is 0 Å². The molecule has 0 saturated heterocycles. The molecule has 0 atom stereocenters. The zero-order valence-corrected chi connectivity index (χ0v) is 11.1. The van der Waals surface area contributed by atoms with Crippen molar-refractivity contribution in [3.05, 3.63) is 72.1 Å². The van der Waals surface area contributed by atoms with E-state index in [1.165, 1.54) is 22.0 Å². The van der Waals surface area contributed by atoms with E-state index in [1.54, 1.807) is 0 Å². The third-order valence-electron chi connectivity index (χ3n) is 3.55. The van der Waals surface area contributed by atoms with Crippen LogP contribution in [0.4, 0.5) is 0 Å². The van der Waals surface area contributed by atoms with Crippen LogP contribution in [0.3, 0.4) is 0 Å². The van der Waals surface area contributed by atoms with Gasteiger partial charge in [-0.2, -0.15) is 0 Å². The fraction of sp³-hybridized carbons (Fsp3) is 0.176. The SMILES string of the molecule is Cn1cccc1CNCc1cccc2ccccc12. The first-order chi connectivity index (χ1) is 9.34. The molecule has 3 rings (SSSR count). The van der Waals surface area contributed by atoms with Crippen LogP contribution in [0.15, 0.2) is 60.8 Å². The van der Waals surface area contributed by atoms with Gasteiger partial charge in [0.15, 0.2) is 0 Å². The molecule has 1 aromatic heterocycles. The molecule has 3 aromatic rings. The maximum atomic E-state index is 3.52. The van der Waals surface area contributed by atoms with Crippen LogP contribution in [0.1, 0.15) is 11.3 Å². The molecule has 0 aliphatic rings. The summed E-state index contributed by atoms with van der Waals surface area (Å²) in [7, 11) is 2.08. The highest BCUT2D eigenvalue weighted by Crippen LogP contribution is 2.18. The third-order valence-corrected chi connectivity index (χ3v) is 3.55. The van der Waals surface area contributed by atoms with Gasteiger partial charge in [0.1, 0.15) is 0 Å². The summed E-state index contributed by atoms with van der Waals surface area (Å²) in [5, 5.41) is 6.16. The van der Waals surface area contributed by atoms with Crippen molar-refractivity contribution in [2.75, 3.05) is 0 Å². The molecule has 2 nitrogen and oxygen atoms in total. The van der Waals surface area contributed by atoms with Crippen molar-refractivity contribution >= 4 is 10.8 Å². The van der Waals surface area contributed by atoms with Crippen LogP contribution in [-0.4, -0.2) is 4.57 Å². The van der Waals surface area contributed by atoms with Crippen LogP contribution in [-0.2, 0) is 20.1 Å². The number of rotatable bonds is 4. The summed E-state index contributed by atoms with van der Waals surface area (Å²) in [5.41, 5.74) is 2.66. The molecule has 0 bridgehead atoms. The predicted molar refractivity (Wildman–Crippen MR) is 79.9 cm³/mol. The lowest BCUT2D eigenvalue weighted by Gasteiger charge is -2.09. The lowest BCUT2D eigenvalue weighted by molar-refractivity contribution is 0.657. The third kappa shape index (κ3) is 2.54. The smallest absolute Gasteiger partial charge is 0.0362 e. The minimum atomic E-state index is 0.895. The van der Waals surface area contributed by atoms with Crippen LogP contribution in [0.5, 0.6) is 0 Å². The molecule has 0 unspecified atom stereocenters. The Morgan fingerprint density at radius 1 is 0.895 bits per heavy atom. The summed E-state index contributed by atoms with van der Waals surface area (Å²) < 4.78 is 2.15. The summed E-state index contributed by atoms with van der Waals surface area (Å²) >= 11 is 0. The summed E-state index contributed by atoms with van der Waals surface area (Å²) in [6, 6.07) is 19.3. The molecule has 0 fully saturated rings. The maximum absolute atomic E-state index is 3.52. The van der Waals surface area contributed by atoms with Crippen LogP contribution in [0.25, 0.3) is 10.8 Å². The second kappa shape index (κ2) is 5.29. The number of fused-ring (bicyclic) bond motifs is 1. The van der Waals surface area contributed by atoms with Gasteiger partial charge < -0.3 is 9.88 Å². The van der Waals surface area contributed by atoms with E-state index in [-0.39, 0.29) is 0 Å². The normalized spacial score (nSPS) is 11.0. The Kier molecular flexibility index (Phi) is 3.34. The fourth-order valence-corrected chi connectivity index (χ4v) is 2.45. The highest BCUT2D eigenvalue weighted by atomic mass is 15.0. The second-order valence-electron chi connectivity index (χ2n) is 4.85. The van der Waals surface area contributed by atoms with E-state index < -0.39 is 0 Å². The lowest BCUT2D eigenvalue weighted by atomic mass is 10.0. The molecule has 0 amide bonds. The summed E-state index contributed by atoms with van der Waals surface area (Å²) in [6.07, 6.45) is 2.08. The summed E-state index contributed by atoms with van der Waals surface area (Å²) in [5.74, 6) is 0. The average molecular weight is 250 g/mol. The second-order valence-corrected chi connectivity index (χ2v) is 4.85. The van der Waals surface area contributed by atoms with Gasteiger partial charge in [0, 0.05) is 32.0 Å². The Hall–Kier alpha value is -2.06. The van der Waals surface area contributed by atoms with Crippen LogP contribution >= 0.6 is 0 Å². The van der Waals surface area contributed by atoms with Gasteiger partial charge in [0.05, 0.1) is 0 Å². The van der Waals surface area contributed by atoms with Gasteiger partial charge in [-0.15, -0.1) is 0 Å². The number of aromatic nitrogens is 1. The molecule has 1 heterocycles. The van der Waals surface area contributed by atoms with Crippen molar-refractivity contribution in [3.8, 4) is 0 Å². The van der Waals surface area contributed by atoms with Crippen LogP contribution < -0.4 is 5.32 Å². The maximum Gasteiger partial charge on any atom is 0.0362 e. The standard InChI is InChI=1S/C17H18N2/c1-19-11-5-9-16(19)13-18-12-15-8-4-7-14-6-2-3-10-17(14)15/h2-11,18H,12-13H2,1H3. The van der Waals surface area contributed by atoms with Crippen molar-refractivity contribution in [1.82, 2.24) is 9.88 Å². The first-order valence-electron chi connectivity index (χ1n) is 6.62. The van der Waals surface area contributed by atoms with E-state index in [4.69, 9.17) is 0 Å².